The first kappa shape index (κ1) is 15.6. The van der Waals surface area contributed by atoms with Crippen molar-refractivity contribution in [1.82, 2.24) is 0 Å². The lowest BCUT2D eigenvalue weighted by molar-refractivity contribution is 0.147. The molecule has 0 radical (unpaired) electrons. The molecule has 0 amide bonds. The molecule has 3 N–H and O–H groups in total. The Hall–Kier alpha value is -0.810. The van der Waals surface area contributed by atoms with Crippen LogP contribution < -0.4 is 5.73 Å². The zero-order chi connectivity index (χ0) is 14.5. The molecule has 0 fully saturated rings. The Balaban J connectivity index is 2.23. The number of halogens is 1. The van der Waals surface area contributed by atoms with Crippen LogP contribution in [0.15, 0.2) is 57.9 Å². The fourth-order valence-corrected chi connectivity index (χ4v) is 2.86. The molecule has 2 aromatic carbocycles. The molecule has 0 bridgehead atoms. The van der Waals surface area contributed by atoms with Gasteiger partial charge in [-0.3, -0.25) is 0 Å². The maximum atomic E-state index is 10.6. The summed E-state index contributed by atoms with van der Waals surface area (Å²) in [5, 5.41) is 10.6. The largest absolute Gasteiger partial charge is 0.388 e. The highest BCUT2D eigenvalue weighted by Crippen LogP contribution is 2.31. The van der Waals surface area contributed by atoms with E-state index >= 15 is 0 Å². The number of thioether (sulfide) groups is 1. The van der Waals surface area contributed by atoms with Crippen molar-refractivity contribution in [2.75, 3.05) is 12.8 Å². The molecule has 0 aliphatic heterocycles. The molecule has 2 unspecified atom stereocenters. The van der Waals surface area contributed by atoms with Gasteiger partial charge in [-0.15, -0.1) is 11.8 Å². The van der Waals surface area contributed by atoms with Crippen molar-refractivity contribution in [3.8, 4) is 0 Å². The summed E-state index contributed by atoms with van der Waals surface area (Å²) in [7, 11) is 0. The quantitative estimate of drug-likeness (QED) is 0.801. The number of rotatable bonds is 5. The van der Waals surface area contributed by atoms with Crippen LogP contribution in [0, 0.1) is 0 Å². The molecule has 0 saturated heterocycles. The Morgan fingerprint density at radius 3 is 2.10 bits per heavy atom. The van der Waals surface area contributed by atoms with Crippen LogP contribution in [0.3, 0.4) is 0 Å². The van der Waals surface area contributed by atoms with E-state index in [-0.39, 0.29) is 5.92 Å². The van der Waals surface area contributed by atoms with Gasteiger partial charge in [-0.25, -0.2) is 0 Å². The van der Waals surface area contributed by atoms with Crippen LogP contribution in [0.1, 0.15) is 23.1 Å². The van der Waals surface area contributed by atoms with Crippen molar-refractivity contribution in [2.45, 2.75) is 16.9 Å². The van der Waals surface area contributed by atoms with E-state index in [1.807, 2.05) is 54.8 Å². The van der Waals surface area contributed by atoms with E-state index < -0.39 is 6.10 Å². The van der Waals surface area contributed by atoms with Gasteiger partial charge >= 0.3 is 0 Å². The van der Waals surface area contributed by atoms with Crippen molar-refractivity contribution in [3.63, 3.8) is 0 Å². The van der Waals surface area contributed by atoms with Gasteiger partial charge in [-0.05, 0) is 41.6 Å². The summed E-state index contributed by atoms with van der Waals surface area (Å²) in [6, 6.07) is 15.9. The number of nitrogens with two attached hydrogens (primary N) is 1. The van der Waals surface area contributed by atoms with Gasteiger partial charge in [0.2, 0.25) is 0 Å². The van der Waals surface area contributed by atoms with Crippen LogP contribution in [0.5, 0.6) is 0 Å². The van der Waals surface area contributed by atoms with E-state index in [1.54, 1.807) is 11.8 Å². The normalized spacial score (nSPS) is 14.0. The Morgan fingerprint density at radius 2 is 1.60 bits per heavy atom. The van der Waals surface area contributed by atoms with Crippen LogP contribution in [-0.2, 0) is 0 Å². The smallest absolute Gasteiger partial charge is 0.0870 e. The summed E-state index contributed by atoms with van der Waals surface area (Å²) in [6.45, 7) is 0.410. The second kappa shape index (κ2) is 7.27. The number of aliphatic hydroxyl groups excluding tert-OH is 1. The van der Waals surface area contributed by atoms with E-state index in [1.165, 1.54) is 4.90 Å². The van der Waals surface area contributed by atoms with Gasteiger partial charge in [0.25, 0.3) is 0 Å². The first-order valence-corrected chi connectivity index (χ1v) is 8.45. The van der Waals surface area contributed by atoms with Crippen LogP contribution in [-0.4, -0.2) is 17.9 Å². The number of hydrogen-bond donors (Lipinski definition) is 2. The molecule has 2 nitrogen and oxygen atoms in total. The SMILES string of the molecule is CSc1ccc(C(O)C(CN)c2ccc(Br)cc2)cc1. The van der Waals surface area contributed by atoms with E-state index in [0.717, 1.165) is 15.6 Å². The lowest BCUT2D eigenvalue weighted by Gasteiger charge is -2.22. The first-order chi connectivity index (χ1) is 9.65. The topological polar surface area (TPSA) is 46.2 Å². The summed E-state index contributed by atoms with van der Waals surface area (Å²) < 4.78 is 1.02. The Morgan fingerprint density at radius 1 is 1.05 bits per heavy atom. The van der Waals surface area contributed by atoms with Crippen LogP contribution in [0.25, 0.3) is 0 Å². The average Bonchev–Trinajstić information content (AvgIpc) is 2.50. The highest BCUT2D eigenvalue weighted by atomic mass is 79.9. The Kier molecular flexibility index (Phi) is 5.66. The summed E-state index contributed by atoms with van der Waals surface area (Å²) in [4.78, 5) is 1.19. The van der Waals surface area contributed by atoms with Crippen molar-refractivity contribution in [1.29, 1.82) is 0 Å². The van der Waals surface area contributed by atoms with Gasteiger partial charge in [0, 0.05) is 21.8 Å². The van der Waals surface area contributed by atoms with E-state index in [9.17, 15) is 5.11 Å². The lowest BCUT2D eigenvalue weighted by atomic mass is 9.89. The Bertz CT molecular complexity index is 541. The predicted molar refractivity (Wildman–Crippen MR) is 89.1 cm³/mol. The van der Waals surface area contributed by atoms with E-state index in [2.05, 4.69) is 15.9 Å². The van der Waals surface area contributed by atoms with Gasteiger partial charge in [-0.1, -0.05) is 40.2 Å². The zero-order valence-corrected chi connectivity index (χ0v) is 13.7. The summed E-state index contributed by atoms with van der Waals surface area (Å²) in [5.41, 5.74) is 7.82. The lowest BCUT2D eigenvalue weighted by Crippen LogP contribution is -2.20. The first-order valence-electron chi connectivity index (χ1n) is 6.43. The molecule has 2 rings (SSSR count). The maximum absolute atomic E-state index is 10.6. The number of aliphatic hydroxyl groups is 1. The fraction of sp³-hybridized carbons (Fsp3) is 0.250. The molecule has 4 heteroatoms. The highest BCUT2D eigenvalue weighted by molar-refractivity contribution is 9.10. The van der Waals surface area contributed by atoms with Crippen molar-refractivity contribution >= 4 is 27.7 Å². The van der Waals surface area contributed by atoms with Crippen molar-refractivity contribution < 1.29 is 5.11 Å². The van der Waals surface area contributed by atoms with E-state index in [4.69, 9.17) is 5.73 Å². The average molecular weight is 352 g/mol. The molecule has 0 heterocycles. The minimum atomic E-state index is -0.586. The van der Waals surface area contributed by atoms with Gasteiger partial charge < -0.3 is 10.8 Å². The molecule has 106 valence electrons. The maximum Gasteiger partial charge on any atom is 0.0870 e. The fourth-order valence-electron chi connectivity index (χ4n) is 2.19. The molecule has 0 aliphatic rings. The summed E-state index contributed by atoms with van der Waals surface area (Å²) >= 11 is 5.11. The van der Waals surface area contributed by atoms with E-state index in [0.29, 0.717) is 6.54 Å². The molecule has 0 spiro atoms. The second-order valence-corrected chi connectivity index (χ2v) is 6.41. The van der Waals surface area contributed by atoms with Crippen LogP contribution in [0.4, 0.5) is 0 Å². The highest BCUT2D eigenvalue weighted by Gasteiger charge is 2.21. The van der Waals surface area contributed by atoms with Crippen molar-refractivity contribution in [3.05, 3.63) is 64.1 Å². The molecular formula is C16H18BrNOS. The third-order valence-electron chi connectivity index (χ3n) is 3.39. The van der Waals surface area contributed by atoms with Crippen LogP contribution >= 0.6 is 27.7 Å². The minimum Gasteiger partial charge on any atom is -0.388 e. The van der Waals surface area contributed by atoms with Gasteiger partial charge in [0.15, 0.2) is 0 Å². The minimum absolute atomic E-state index is 0.0942. The standard InChI is InChI=1S/C16H18BrNOS/c1-20-14-8-4-12(5-9-14)16(19)15(10-18)11-2-6-13(17)7-3-11/h2-9,15-16,19H,10,18H2,1H3. The third kappa shape index (κ3) is 3.64. The summed E-state index contributed by atoms with van der Waals surface area (Å²) in [5.74, 6) is -0.0942. The molecule has 20 heavy (non-hydrogen) atoms. The predicted octanol–water partition coefficient (Wildman–Crippen LogP) is 3.95. The second-order valence-electron chi connectivity index (χ2n) is 4.61. The summed E-state index contributed by atoms with van der Waals surface area (Å²) in [6.07, 6.45) is 1.45. The zero-order valence-electron chi connectivity index (χ0n) is 11.3. The number of benzene rings is 2. The molecule has 0 aromatic heterocycles. The van der Waals surface area contributed by atoms with Gasteiger partial charge in [-0.2, -0.15) is 0 Å². The molecule has 0 aliphatic carbocycles. The number of hydrogen-bond acceptors (Lipinski definition) is 3. The van der Waals surface area contributed by atoms with Gasteiger partial charge in [0.1, 0.15) is 0 Å². The molecule has 2 aromatic rings. The molecule has 2 atom stereocenters. The Labute approximate surface area is 132 Å². The van der Waals surface area contributed by atoms with Gasteiger partial charge in [0.05, 0.1) is 6.10 Å². The van der Waals surface area contributed by atoms with Crippen molar-refractivity contribution in [2.24, 2.45) is 5.73 Å². The monoisotopic (exact) mass is 351 g/mol. The third-order valence-corrected chi connectivity index (χ3v) is 4.66. The molecule has 0 saturated carbocycles. The van der Waals surface area contributed by atoms with Crippen LogP contribution in [0.2, 0.25) is 0 Å². The molecular weight excluding hydrogens is 334 g/mol.